The lowest BCUT2D eigenvalue weighted by Crippen LogP contribution is -1.94. The van der Waals surface area contributed by atoms with Gasteiger partial charge in [-0.3, -0.25) is 0 Å². The number of hydrogen-bond donors (Lipinski definition) is 0. The van der Waals surface area contributed by atoms with Crippen molar-refractivity contribution < 1.29 is 0 Å². The molecule has 0 fully saturated rings. The molecule has 1 aliphatic rings. The lowest BCUT2D eigenvalue weighted by atomic mass is 9.90. The van der Waals surface area contributed by atoms with E-state index in [0.717, 1.165) is 0 Å². The molecular formula is C18H18. The van der Waals surface area contributed by atoms with E-state index in [1.165, 1.54) is 33.4 Å². The normalized spacial score (nSPS) is 17.5. The lowest BCUT2D eigenvalue weighted by molar-refractivity contribution is 0.924. The Balaban J connectivity index is 2.17. The molecule has 0 saturated heterocycles. The summed E-state index contributed by atoms with van der Waals surface area (Å²) in [7, 11) is 0. The van der Waals surface area contributed by atoms with E-state index in [4.69, 9.17) is 0 Å². The van der Waals surface area contributed by atoms with Crippen LogP contribution in [-0.4, -0.2) is 0 Å². The van der Waals surface area contributed by atoms with Gasteiger partial charge in [-0.15, -0.1) is 0 Å². The molecule has 0 bridgehead atoms. The molecule has 0 radical (unpaired) electrons. The van der Waals surface area contributed by atoms with Gasteiger partial charge in [0.1, 0.15) is 0 Å². The highest BCUT2D eigenvalue weighted by Crippen LogP contribution is 2.41. The fourth-order valence-corrected chi connectivity index (χ4v) is 2.77. The second kappa shape index (κ2) is 4.13. The smallest absolute Gasteiger partial charge is 0.00324 e. The van der Waals surface area contributed by atoms with E-state index in [1.54, 1.807) is 0 Å². The van der Waals surface area contributed by atoms with Gasteiger partial charge >= 0.3 is 0 Å². The number of benzene rings is 2. The highest BCUT2D eigenvalue weighted by atomic mass is 14.3. The molecule has 18 heavy (non-hydrogen) atoms. The Hall–Kier alpha value is -1.82. The Kier molecular flexibility index (Phi) is 2.59. The van der Waals surface area contributed by atoms with Gasteiger partial charge in [-0.25, -0.2) is 0 Å². The van der Waals surface area contributed by atoms with Gasteiger partial charge in [0.25, 0.3) is 0 Å². The molecule has 0 amide bonds. The van der Waals surface area contributed by atoms with Gasteiger partial charge in [-0.1, -0.05) is 66.6 Å². The standard InChI is InChI=1S/C18H18/c1-12-7-9-15(10-8-12)17-6-4-5-16-11-13(2)14(3)18(16)17/h4-11,14H,1-3H3. The largest absolute Gasteiger partial charge is 0.0655 e. The maximum Gasteiger partial charge on any atom is 0.00324 e. The molecule has 0 saturated carbocycles. The first-order valence-corrected chi connectivity index (χ1v) is 6.55. The summed E-state index contributed by atoms with van der Waals surface area (Å²) in [5, 5.41) is 0. The van der Waals surface area contributed by atoms with Crippen LogP contribution < -0.4 is 0 Å². The van der Waals surface area contributed by atoms with E-state index in [1.807, 2.05) is 0 Å². The van der Waals surface area contributed by atoms with Crippen LogP contribution in [0.25, 0.3) is 17.2 Å². The van der Waals surface area contributed by atoms with Gasteiger partial charge in [-0.2, -0.15) is 0 Å². The quantitative estimate of drug-likeness (QED) is 0.637. The fraction of sp³-hybridized carbons (Fsp3) is 0.222. The van der Waals surface area contributed by atoms with E-state index in [0.29, 0.717) is 5.92 Å². The van der Waals surface area contributed by atoms with E-state index in [9.17, 15) is 0 Å². The van der Waals surface area contributed by atoms with E-state index >= 15 is 0 Å². The molecule has 90 valence electrons. The van der Waals surface area contributed by atoms with Crippen molar-refractivity contribution in [1.29, 1.82) is 0 Å². The first kappa shape index (κ1) is 11.3. The first-order chi connectivity index (χ1) is 8.66. The lowest BCUT2D eigenvalue weighted by Gasteiger charge is -2.14. The van der Waals surface area contributed by atoms with Crippen LogP contribution in [-0.2, 0) is 0 Å². The van der Waals surface area contributed by atoms with Crippen LogP contribution in [0.2, 0.25) is 0 Å². The van der Waals surface area contributed by atoms with Crippen molar-refractivity contribution in [3.8, 4) is 11.1 Å². The summed E-state index contributed by atoms with van der Waals surface area (Å²) in [5.41, 5.74) is 8.36. The molecule has 0 nitrogen and oxygen atoms in total. The second-order valence-corrected chi connectivity index (χ2v) is 5.28. The zero-order valence-electron chi connectivity index (χ0n) is 11.2. The zero-order valence-corrected chi connectivity index (χ0v) is 11.2. The number of fused-ring (bicyclic) bond motifs is 1. The number of rotatable bonds is 1. The summed E-state index contributed by atoms with van der Waals surface area (Å²) in [4.78, 5) is 0. The Labute approximate surface area is 109 Å². The molecule has 3 rings (SSSR count). The van der Waals surface area contributed by atoms with Gasteiger partial charge in [0.15, 0.2) is 0 Å². The summed E-state index contributed by atoms with van der Waals surface area (Å²) >= 11 is 0. The summed E-state index contributed by atoms with van der Waals surface area (Å²) in [6.45, 7) is 6.66. The second-order valence-electron chi connectivity index (χ2n) is 5.28. The number of aryl methyl sites for hydroxylation is 1. The summed E-state index contributed by atoms with van der Waals surface area (Å²) in [6, 6.07) is 15.5. The van der Waals surface area contributed by atoms with Crippen LogP contribution in [0.3, 0.4) is 0 Å². The van der Waals surface area contributed by atoms with Crippen molar-refractivity contribution in [3.63, 3.8) is 0 Å². The minimum absolute atomic E-state index is 0.539. The SMILES string of the molecule is CC1=Cc2cccc(-c3ccc(C)cc3)c2C1C. The third-order valence-electron chi connectivity index (χ3n) is 4.00. The predicted molar refractivity (Wildman–Crippen MR) is 78.7 cm³/mol. The van der Waals surface area contributed by atoms with Crippen molar-refractivity contribution in [1.82, 2.24) is 0 Å². The Morgan fingerprint density at radius 2 is 1.61 bits per heavy atom. The molecule has 1 atom stereocenters. The van der Waals surface area contributed by atoms with E-state index in [2.05, 4.69) is 69.3 Å². The highest BCUT2D eigenvalue weighted by molar-refractivity contribution is 5.78. The Morgan fingerprint density at radius 1 is 0.889 bits per heavy atom. The van der Waals surface area contributed by atoms with Crippen LogP contribution in [0.5, 0.6) is 0 Å². The van der Waals surface area contributed by atoms with Crippen molar-refractivity contribution in [2.45, 2.75) is 26.7 Å². The fourth-order valence-electron chi connectivity index (χ4n) is 2.77. The molecule has 2 aromatic rings. The molecule has 0 aromatic heterocycles. The van der Waals surface area contributed by atoms with Gasteiger partial charge < -0.3 is 0 Å². The van der Waals surface area contributed by atoms with Crippen LogP contribution >= 0.6 is 0 Å². The Bertz CT molecular complexity index is 615. The van der Waals surface area contributed by atoms with Crippen molar-refractivity contribution in [2.75, 3.05) is 0 Å². The Morgan fingerprint density at radius 3 is 2.33 bits per heavy atom. The maximum absolute atomic E-state index is 2.32. The summed E-state index contributed by atoms with van der Waals surface area (Å²) < 4.78 is 0. The van der Waals surface area contributed by atoms with E-state index < -0.39 is 0 Å². The van der Waals surface area contributed by atoms with E-state index in [-0.39, 0.29) is 0 Å². The third-order valence-corrected chi connectivity index (χ3v) is 4.00. The van der Waals surface area contributed by atoms with Crippen LogP contribution in [0.1, 0.15) is 36.5 Å². The van der Waals surface area contributed by atoms with Gasteiger partial charge in [0.2, 0.25) is 0 Å². The van der Waals surface area contributed by atoms with Gasteiger partial charge in [0.05, 0.1) is 0 Å². The topological polar surface area (TPSA) is 0 Å². The zero-order chi connectivity index (χ0) is 12.7. The van der Waals surface area contributed by atoms with Gasteiger partial charge in [0, 0.05) is 5.92 Å². The average molecular weight is 234 g/mol. The van der Waals surface area contributed by atoms with Crippen LogP contribution in [0.15, 0.2) is 48.0 Å². The summed E-state index contributed by atoms with van der Waals surface area (Å²) in [5.74, 6) is 0.539. The monoisotopic (exact) mass is 234 g/mol. The van der Waals surface area contributed by atoms with Crippen molar-refractivity contribution in [2.24, 2.45) is 0 Å². The predicted octanol–water partition coefficient (Wildman–Crippen LogP) is 5.18. The van der Waals surface area contributed by atoms with Crippen molar-refractivity contribution >= 4 is 6.08 Å². The number of hydrogen-bond acceptors (Lipinski definition) is 0. The average Bonchev–Trinajstić information content (AvgIpc) is 2.66. The molecule has 0 spiro atoms. The molecule has 0 heterocycles. The van der Waals surface area contributed by atoms with Crippen molar-refractivity contribution in [3.05, 3.63) is 64.7 Å². The first-order valence-electron chi connectivity index (χ1n) is 6.55. The highest BCUT2D eigenvalue weighted by Gasteiger charge is 2.21. The molecule has 0 heteroatoms. The third kappa shape index (κ3) is 1.69. The molecule has 1 aliphatic carbocycles. The minimum atomic E-state index is 0.539. The molecule has 0 aliphatic heterocycles. The number of allylic oxidation sites excluding steroid dienone is 1. The molecule has 0 N–H and O–H groups in total. The minimum Gasteiger partial charge on any atom is -0.0655 e. The van der Waals surface area contributed by atoms with Gasteiger partial charge in [-0.05, 0) is 36.1 Å². The summed E-state index contributed by atoms with van der Waals surface area (Å²) in [6.07, 6.45) is 2.32. The molecule has 2 aromatic carbocycles. The molecule has 1 unspecified atom stereocenters. The van der Waals surface area contributed by atoms with Crippen LogP contribution in [0.4, 0.5) is 0 Å². The maximum atomic E-state index is 2.32. The molecular weight excluding hydrogens is 216 g/mol. The van der Waals surface area contributed by atoms with Crippen LogP contribution in [0, 0.1) is 6.92 Å².